The van der Waals surface area contributed by atoms with Gasteiger partial charge in [0.25, 0.3) is 0 Å². The summed E-state index contributed by atoms with van der Waals surface area (Å²) in [6.45, 7) is 6.17. The molecule has 0 aliphatic rings. The van der Waals surface area contributed by atoms with Gasteiger partial charge in [-0.25, -0.2) is 9.59 Å². The molecule has 7 nitrogen and oxygen atoms in total. The van der Waals surface area contributed by atoms with Crippen LogP contribution in [0.15, 0.2) is 35.2 Å². The average Bonchev–Trinajstić information content (AvgIpc) is 2.78. The molecule has 0 spiro atoms. The Morgan fingerprint density at radius 3 is 1.79 bits per heavy atom. The van der Waals surface area contributed by atoms with Gasteiger partial charge in [0, 0.05) is 5.39 Å². The Bertz CT molecular complexity index is 1070. The van der Waals surface area contributed by atoms with Crippen LogP contribution in [0.3, 0.4) is 0 Å². The van der Waals surface area contributed by atoms with E-state index in [4.69, 9.17) is 3.97 Å². The van der Waals surface area contributed by atoms with Crippen molar-refractivity contribution in [2.45, 2.75) is 64.2 Å². The smallest absolute Gasteiger partial charge is 0.335 e. The fourth-order valence-electron chi connectivity index (χ4n) is 3.82. The molecule has 2 rings (SSSR count). The van der Waals surface area contributed by atoms with Crippen LogP contribution in [0.5, 0.6) is 0 Å². The Morgan fingerprint density at radius 2 is 1.33 bits per heavy atom. The van der Waals surface area contributed by atoms with Gasteiger partial charge in [-0.3, -0.25) is 0 Å². The van der Waals surface area contributed by atoms with Crippen LogP contribution in [-0.2, 0) is 14.1 Å². The van der Waals surface area contributed by atoms with E-state index in [1.165, 1.54) is 24.3 Å². The van der Waals surface area contributed by atoms with E-state index in [2.05, 4.69) is 20.8 Å². The number of hydrogen-bond donors (Lipinski definition) is 2. The Labute approximate surface area is 196 Å². The van der Waals surface area contributed by atoms with Crippen molar-refractivity contribution in [3.8, 4) is 0 Å². The molecule has 2 aromatic rings. The Balaban J connectivity index is 2.69. The summed E-state index contributed by atoms with van der Waals surface area (Å²) in [6, 6.07) is 6.45. The first kappa shape index (κ1) is 27.2. The summed E-state index contributed by atoms with van der Waals surface area (Å²) in [5.41, 5.74) is -0.265. The minimum absolute atomic E-state index is 0.0777. The molecule has 0 radical (unpaired) electrons. The third-order valence-corrected chi connectivity index (χ3v) is 12.0. The first-order valence-corrected chi connectivity index (χ1v) is 15.1. The topological polar surface area (TPSA) is 118 Å². The van der Waals surface area contributed by atoms with E-state index in [0.29, 0.717) is 23.9 Å². The predicted molar refractivity (Wildman–Crippen MR) is 132 cm³/mol. The van der Waals surface area contributed by atoms with E-state index in [1.54, 1.807) is 0 Å². The predicted octanol–water partition coefficient (Wildman–Crippen LogP) is 6.27. The molecule has 0 atom stereocenters. The standard InChI is InChI=1S/C24H33O7PS/c1-4-7-12-32(13-8-5-2,14-9-6-3)31-33(29,30)22-17-20(24(27)28)15-18-10-11-19(23(25)26)16-21(18)22/h10-11,15-17H,4-9,12-14H2,1-3H3,(H-,25,26,27,28)/p+1. The maximum absolute atomic E-state index is 13.7. The molecule has 0 bridgehead atoms. The summed E-state index contributed by atoms with van der Waals surface area (Å²) in [6.07, 6.45) is 7.41. The van der Waals surface area contributed by atoms with Gasteiger partial charge in [-0.2, -0.15) is 8.42 Å². The molecule has 182 valence electrons. The molecular formula is C24H34O7PS+. The van der Waals surface area contributed by atoms with E-state index < -0.39 is 29.5 Å². The zero-order chi connectivity index (χ0) is 24.6. The first-order valence-electron chi connectivity index (χ1n) is 11.5. The second-order valence-corrected chi connectivity index (χ2v) is 13.7. The maximum atomic E-state index is 13.7. The van der Waals surface area contributed by atoms with Crippen LogP contribution in [0.25, 0.3) is 10.8 Å². The highest BCUT2D eigenvalue weighted by Gasteiger charge is 2.44. The third-order valence-electron chi connectivity index (χ3n) is 5.69. The molecule has 0 saturated carbocycles. The number of carbonyl (C=O) groups is 2. The molecule has 9 heteroatoms. The van der Waals surface area contributed by atoms with E-state index in [9.17, 15) is 28.2 Å². The van der Waals surface area contributed by atoms with E-state index >= 15 is 0 Å². The third kappa shape index (κ3) is 6.98. The fraction of sp³-hybridized carbons (Fsp3) is 0.500. The van der Waals surface area contributed by atoms with Gasteiger partial charge in [-0.05, 0) is 48.9 Å². The summed E-state index contributed by atoms with van der Waals surface area (Å²) >= 11 is 0. The van der Waals surface area contributed by atoms with Crippen LogP contribution in [0.1, 0.15) is 80.0 Å². The molecular weight excluding hydrogens is 463 g/mol. The molecule has 0 fully saturated rings. The maximum Gasteiger partial charge on any atom is 0.335 e. The van der Waals surface area contributed by atoms with Crippen LogP contribution < -0.4 is 0 Å². The lowest BCUT2D eigenvalue weighted by molar-refractivity contribution is 0.0685. The number of benzene rings is 2. The first-order chi connectivity index (χ1) is 15.6. The molecule has 2 aromatic carbocycles. The van der Waals surface area contributed by atoms with E-state index in [1.807, 2.05) is 0 Å². The molecule has 0 saturated heterocycles. The summed E-state index contributed by atoms with van der Waals surface area (Å²) in [4.78, 5) is 22.9. The van der Waals surface area contributed by atoms with Gasteiger partial charge in [0.2, 0.25) is 0 Å². The average molecular weight is 498 g/mol. The molecule has 0 unspecified atom stereocenters. The highest BCUT2D eigenvalue weighted by Crippen LogP contribution is 2.63. The molecule has 2 N–H and O–H groups in total. The minimum Gasteiger partial charge on any atom is -0.478 e. The Kier molecular flexibility index (Phi) is 9.83. The molecule has 0 aliphatic carbocycles. The fourth-order valence-corrected chi connectivity index (χ4v) is 10.8. The summed E-state index contributed by atoms with van der Waals surface area (Å²) in [7, 11) is -6.67. The quantitative estimate of drug-likeness (QED) is 0.295. The number of unbranched alkanes of at least 4 members (excludes halogenated alkanes) is 3. The normalized spacial score (nSPS) is 12.2. The van der Waals surface area contributed by atoms with Gasteiger partial charge >= 0.3 is 22.1 Å². The van der Waals surface area contributed by atoms with E-state index in [0.717, 1.165) is 44.6 Å². The summed E-state index contributed by atoms with van der Waals surface area (Å²) in [5.74, 6) is -2.46. The molecule has 33 heavy (non-hydrogen) atoms. The van der Waals surface area contributed by atoms with Crippen LogP contribution in [0.2, 0.25) is 0 Å². The Hall–Kier alpha value is -2.02. The van der Waals surface area contributed by atoms with Crippen molar-refractivity contribution in [1.82, 2.24) is 0 Å². The highest BCUT2D eigenvalue weighted by atomic mass is 32.2. The van der Waals surface area contributed by atoms with Crippen molar-refractivity contribution in [3.63, 3.8) is 0 Å². The van der Waals surface area contributed by atoms with Gasteiger partial charge in [0.05, 0.1) is 29.6 Å². The lowest BCUT2D eigenvalue weighted by Gasteiger charge is -2.25. The zero-order valence-electron chi connectivity index (χ0n) is 19.5. The van der Waals surface area contributed by atoms with Gasteiger partial charge < -0.3 is 10.2 Å². The van der Waals surface area contributed by atoms with Gasteiger partial charge in [0.1, 0.15) is 4.90 Å². The van der Waals surface area contributed by atoms with Crippen LogP contribution in [0.4, 0.5) is 0 Å². The Morgan fingerprint density at radius 1 is 0.818 bits per heavy atom. The lowest BCUT2D eigenvalue weighted by atomic mass is 10.0. The summed E-state index contributed by atoms with van der Waals surface area (Å²) in [5, 5.41) is 19.4. The zero-order valence-corrected chi connectivity index (χ0v) is 21.3. The van der Waals surface area contributed by atoms with Gasteiger partial charge in [0.15, 0.2) is 7.49 Å². The molecule has 0 aliphatic heterocycles. The van der Waals surface area contributed by atoms with Crippen molar-refractivity contribution < 1.29 is 32.2 Å². The summed E-state index contributed by atoms with van der Waals surface area (Å²) < 4.78 is 33.4. The number of aromatic carboxylic acids is 2. The van der Waals surface area contributed by atoms with Crippen molar-refractivity contribution >= 4 is 40.3 Å². The second kappa shape index (κ2) is 11.9. The van der Waals surface area contributed by atoms with Gasteiger partial charge in [-0.15, -0.1) is 3.97 Å². The molecule has 0 aromatic heterocycles. The largest absolute Gasteiger partial charge is 0.478 e. The van der Waals surface area contributed by atoms with Crippen molar-refractivity contribution in [1.29, 1.82) is 0 Å². The SMILES string of the molecule is CCCC[P+](CCCC)(CCCC)OS(=O)(=O)c1cc(C(=O)O)cc2ccc(C(=O)O)cc12. The number of carboxylic acid groups (broad SMARTS) is 2. The molecule has 0 amide bonds. The van der Waals surface area contributed by atoms with E-state index in [-0.39, 0.29) is 21.4 Å². The second-order valence-electron chi connectivity index (χ2n) is 8.34. The minimum atomic E-state index is -4.34. The monoisotopic (exact) mass is 497 g/mol. The van der Waals surface area contributed by atoms with Crippen molar-refractivity contribution in [3.05, 3.63) is 41.5 Å². The molecule has 0 heterocycles. The highest BCUT2D eigenvalue weighted by molar-refractivity contribution is 7.94. The van der Waals surface area contributed by atoms with Crippen LogP contribution in [0, 0.1) is 0 Å². The number of rotatable bonds is 14. The van der Waals surface area contributed by atoms with Crippen LogP contribution >= 0.6 is 7.49 Å². The number of carboxylic acids is 2. The van der Waals surface area contributed by atoms with Crippen molar-refractivity contribution in [2.24, 2.45) is 0 Å². The van der Waals surface area contributed by atoms with Crippen LogP contribution in [-0.4, -0.2) is 49.1 Å². The van der Waals surface area contributed by atoms with Crippen molar-refractivity contribution in [2.75, 3.05) is 18.5 Å². The number of fused-ring (bicyclic) bond motifs is 1. The number of hydrogen-bond acceptors (Lipinski definition) is 5. The van der Waals surface area contributed by atoms with Gasteiger partial charge in [-0.1, -0.05) is 46.1 Å². The lowest BCUT2D eigenvalue weighted by Crippen LogP contribution is -2.18.